The molecule has 1 aromatic heterocycles. The lowest BCUT2D eigenvalue weighted by Gasteiger charge is -2.17. The minimum atomic E-state index is -0.555. The van der Waals surface area contributed by atoms with Gasteiger partial charge < -0.3 is 11.1 Å². The molecule has 0 saturated heterocycles. The highest BCUT2D eigenvalue weighted by atomic mass is 32.2. The summed E-state index contributed by atoms with van der Waals surface area (Å²) in [6.45, 7) is 0. The molecule has 0 aliphatic carbocycles. The third-order valence-corrected chi connectivity index (χ3v) is 5.89. The minimum Gasteiger partial charge on any atom is -0.399 e. The number of thiazole rings is 1. The topological polar surface area (TPSA) is 85.1 Å². The van der Waals surface area contributed by atoms with Crippen LogP contribution in [0.15, 0.2) is 60.0 Å². The Morgan fingerprint density at radius 2 is 1.97 bits per heavy atom. The number of Topliss-reactive ketones (excluding diaryl/α,β-unsaturated/α-hetero) is 1. The summed E-state index contributed by atoms with van der Waals surface area (Å²) < 4.78 is 0. The largest absolute Gasteiger partial charge is 0.399 e. The molecule has 3 rings (SSSR count). The monoisotopic (exact) mass is 425 g/mol. The van der Waals surface area contributed by atoms with Gasteiger partial charge in [0.2, 0.25) is 0 Å². The van der Waals surface area contributed by atoms with Crippen LogP contribution in [0.25, 0.3) is 11.3 Å². The zero-order valence-corrected chi connectivity index (χ0v) is 17.8. The number of hydrogen-bond acceptors (Lipinski definition) is 6. The number of nitrogens with one attached hydrogen (secondary N) is 1. The van der Waals surface area contributed by atoms with E-state index in [1.165, 1.54) is 11.3 Å². The number of hydrogen-bond donors (Lipinski definition) is 2. The number of amides is 1. The van der Waals surface area contributed by atoms with Crippen molar-refractivity contribution in [3.8, 4) is 11.3 Å². The highest BCUT2D eigenvalue weighted by Crippen LogP contribution is 2.22. The van der Waals surface area contributed by atoms with Crippen LogP contribution in [-0.4, -0.2) is 34.7 Å². The van der Waals surface area contributed by atoms with Crippen LogP contribution in [0.2, 0.25) is 0 Å². The fourth-order valence-electron chi connectivity index (χ4n) is 2.88. The van der Waals surface area contributed by atoms with Crippen LogP contribution >= 0.6 is 23.1 Å². The molecule has 3 aromatic rings. The van der Waals surface area contributed by atoms with Crippen molar-refractivity contribution in [1.82, 2.24) is 10.3 Å². The molecule has 0 unspecified atom stereocenters. The van der Waals surface area contributed by atoms with E-state index in [0.717, 1.165) is 22.0 Å². The van der Waals surface area contributed by atoms with Crippen LogP contribution in [0.4, 0.5) is 5.69 Å². The second kappa shape index (κ2) is 10.2. The van der Waals surface area contributed by atoms with E-state index in [4.69, 9.17) is 5.73 Å². The Balaban J connectivity index is 1.69. The maximum atomic E-state index is 12.9. The second-order valence-electron chi connectivity index (χ2n) is 6.57. The van der Waals surface area contributed by atoms with Gasteiger partial charge in [-0.25, -0.2) is 4.98 Å². The molecule has 0 bridgehead atoms. The van der Waals surface area contributed by atoms with Gasteiger partial charge in [-0.2, -0.15) is 11.8 Å². The van der Waals surface area contributed by atoms with E-state index in [0.29, 0.717) is 17.7 Å². The zero-order valence-electron chi connectivity index (χ0n) is 16.1. The first kappa shape index (κ1) is 21.1. The average molecular weight is 426 g/mol. The van der Waals surface area contributed by atoms with Crippen molar-refractivity contribution in [3.63, 3.8) is 0 Å². The predicted molar refractivity (Wildman–Crippen MR) is 121 cm³/mol. The first-order chi connectivity index (χ1) is 14.1. The van der Waals surface area contributed by atoms with E-state index in [1.54, 1.807) is 36.0 Å². The number of ketones is 1. The summed E-state index contributed by atoms with van der Waals surface area (Å²) in [5, 5.41) is 5.58. The molecular formula is C22H23N3O2S2. The number of carbonyl (C=O) groups is 2. The molecule has 1 heterocycles. The Bertz CT molecular complexity index is 973. The highest BCUT2D eigenvalue weighted by molar-refractivity contribution is 7.98. The number of anilines is 1. The van der Waals surface area contributed by atoms with Crippen molar-refractivity contribution < 1.29 is 9.59 Å². The van der Waals surface area contributed by atoms with Crippen LogP contribution in [0.1, 0.15) is 21.8 Å². The molecule has 0 spiro atoms. The molecule has 3 N–H and O–H groups in total. The molecule has 29 heavy (non-hydrogen) atoms. The number of thioether (sulfide) groups is 1. The van der Waals surface area contributed by atoms with Gasteiger partial charge in [0.05, 0.1) is 18.2 Å². The fraction of sp³-hybridized carbons (Fsp3) is 0.227. The summed E-state index contributed by atoms with van der Waals surface area (Å²) in [6, 6.07) is 16.1. The van der Waals surface area contributed by atoms with Gasteiger partial charge in [0.15, 0.2) is 5.78 Å². The van der Waals surface area contributed by atoms with Gasteiger partial charge in [-0.05, 0) is 36.6 Å². The van der Waals surface area contributed by atoms with Crippen molar-refractivity contribution in [3.05, 3.63) is 70.5 Å². The molecule has 0 aliphatic heterocycles. The molecule has 150 valence electrons. The fourth-order valence-corrected chi connectivity index (χ4v) is 4.16. The van der Waals surface area contributed by atoms with E-state index >= 15 is 0 Å². The molecule has 1 atom stereocenters. The number of nitrogens with zero attached hydrogens (tertiary/aromatic N) is 1. The third-order valence-electron chi connectivity index (χ3n) is 4.40. The van der Waals surface area contributed by atoms with Gasteiger partial charge in [-0.1, -0.05) is 36.4 Å². The van der Waals surface area contributed by atoms with Crippen molar-refractivity contribution in [1.29, 1.82) is 0 Å². The summed E-state index contributed by atoms with van der Waals surface area (Å²) in [5.41, 5.74) is 8.62. The summed E-state index contributed by atoms with van der Waals surface area (Å²) >= 11 is 3.11. The number of aromatic nitrogens is 1. The first-order valence-corrected chi connectivity index (χ1v) is 11.5. The maximum absolute atomic E-state index is 12.9. The van der Waals surface area contributed by atoms with E-state index in [9.17, 15) is 9.59 Å². The Morgan fingerprint density at radius 1 is 1.17 bits per heavy atom. The van der Waals surface area contributed by atoms with Crippen molar-refractivity contribution >= 4 is 40.5 Å². The Kier molecular flexibility index (Phi) is 7.43. The number of carbonyl (C=O) groups excluding carboxylic acids is 2. The van der Waals surface area contributed by atoms with E-state index in [2.05, 4.69) is 10.3 Å². The van der Waals surface area contributed by atoms with Crippen LogP contribution in [0.5, 0.6) is 0 Å². The average Bonchev–Trinajstić information content (AvgIpc) is 3.20. The van der Waals surface area contributed by atoms with Gasteiger partial charge in [-0.3, -0.25) is 9.59 Å². The summed E-state index contributed by atoms with van der Waals surface area (Å²) in [6.07, 6.45) is 2.76. The summed E-state index contributed by atoms with van der Waals surface area (Å²) in [4.78, 5) is 30.1. The standard InChI is InChI=1S/C22H23N3O2S2/c1-28-11-10-18(25-22(27)16-8-5-9-17(23)12-16)20(26)13-21-24-19(14-29-21)15-6-3-2-4-7-15/h2-9,12,14,18H,10-11,13,23H2,1H3,(H,25,27)/t18-/m0/s1. The SMILES string of the molecule is CSCC[C@H](NC(=O)c1cccc(N)c1)C(=O)Cc1nc(-c2ccccc2)cs1. The van der Waals surface area contributed by atoms with Crippen LogP contribution in [0, 0.1) is 0 Å². The van der Waals surface area contributed by atoms with E-state index < -0.39 is 6.04 Å². The predicted octanol–water partition coefficient (Wildman–Crippen LogP) is 4.06. The molecule has 1 amide bonds. The molecular weight excluding hydrogens is 402 g/mol. The second-order valence-corrected chi connectivity index (χ2v) is 8.50. The summed E-state index contributed by atoms with van der Waals surface area (Å²) in [7, 11) is 0. The zero-order chi connectivity index (χ0) is 20.6. The van der Waals surface area contributed by atoms with E-state index in [-0.39, 0.29) is 18.1 Å². The van der Waals surface area contributed by atoms with E-state index in [1.807, 2.05) is 42.0 Å². The van der Waals surface area contributed by atoms with Crippen molar-refractivity contribution in [2.75, 3.05) is 17.7 Å². The van der Waals surface area contributed by atoms with Gasteiger partial charge in [0.25, 0.3) is 5.91 Å². The van der Waals surface area contributed by atoms with Gasteiger partial charge in [0, 0.05) is 22.2 Å². The molecule has 7 heteroatoms. The molecule has 0 fully saturated rings. The highest BCUT2D eigenvalue weighted by Gasteiger charge is 2.22. The van der Waals surface area contributed by atoms with Crippen LogP contribution < -0.4 is 11.1 Å². The summed E-state index contributed by atoms with van der Waals surface area (Å²) in [5.74, 6) is 0.451. The first-order valence-electron chi connectivity index (χ1n) is 9.24. The molecule has 0 radical (unpaired) electrons. The molecule has 2 aromatic carbocycles. The lowest BCUT2D eigenvalue weighted by molar-refractivity contribution is -0.120. The smallest absolute Gasteiger partial charge is 0.251 e. The van der Waals surface area contributed by atoms with Gasteiger partial charge >= 0.3 is 0 Å². The number of benzene rings is 2. The normalized spacial score (nSPS) is 11.8. The molecule has 0 aliphatic rings. The van der Waals surface area contributed by atoms with Crippen molar-refractivity contribution in [2.45, 2.75) is 18.9 Å². The Labute approximate surface area is 178 Å². The Morgan fingerprint density at radius 3 is 2.69 bits per heavy atom. The number of rotatable bonds is 9. The maximum Gasteiger partial charge on any atom is 0.251 e. The number of nitrogen functional groups attached to an aromatic ring is 1. The lowest BCUT2D eigenvalue weighted by Crippen LogP contribution is -2.42. The molecule has 5 nitrogen and oxygen atoms in total. The van der Waals surface area contributed by atoms with Gasteiger partial charge in [0.1, 0.15) is 5.01 Å². The van der Waals surface area contributed by atoms with Crippen LogP contribution in [-0.2, 0) is 11.2 Å². The van der Waals surface area contributed by atoms with Crippen LogP contribution in [0.3, 0.4) is 0 Å². The van der Waals surface area contributed by atoms with Gasteiger partial charge in [-0.15, -0.1) is 11.3 Å². The minimum absolute atomic E-state index is 0.0368. The molecule has 0 saturated carbocycles. The number of nitrogens with two attached hydrogens (primary N) is 1. The quantitative estimate of drug-likeness (QED) is 0.505. The lowest BCUT2D eigenvalue weighted by atomic mass is 10.1. The Hall–Kier alpha value is -2.64. The van der Waals surface area contributed by atoms with Crippen molar-refractivity contribution in [2.24, 2.45) is 0 Å². The third kappa shape index (κ3) is 5.92.